The average molecular weight is 241 g/mol. The van der Waals surface area contributed by atoms with E-state index in [1.807, 2.05) is 0 Å². The van der Waals surface area contributed by atoms with Gasteiger partial charge in [0.05, 0.1) is 13.2 Å². The summed E-state index contributed by atoms with van der Waals surface area (Å²) in [6.07, 6.45) is 7.63. The first-order chi connectivity index (χ1) is 8.25. The van der Waals surface area contributed by atoms with E-state index in [0.717, 1.165) is 44.6 Å². The van der Waals surface area contributed by atoms with E-state index < -0.39 is 0 Å². The molecule has 1 aliphatic heterocycles. The number of rotatable bonds is 4. The Bertz CT molecular complexity index is 208. The van der Waals surface area contributed by atoms with E-state index in [1.54, 1.807) is 0 Å². The SMILES string of the molecule is CC1CCC(N(C)CCC2OCCCO2)CC1. The van der Waals surface area contributed by atoms with E-state index in [2.05, 4.69) is 18.9 Å². The Morgan fingerprint density at radius 1 is 1.06 bits per heavy atom. The molecule has 0 spiro atoms. The highest BCUT2D eigenvalue weighted by atomic mass is 16.7. The van der Waals surface area contributed by atoms with Crippen molar-refractivity contribution in [2.24, 2.45) is 5.92 Å². The minimum Gasteiger partial charge on any atom is -0.353 e. The molecule has 0 atom stereocenters. The van der Waals surface area contributed by atoms with E-state index in [-0.39, 0.29) is 6.29 Å². The molecule has 2 rings (SSSR count). The Balaban J connectivity index is 1.64. The smallest absolute Gasteiger partial charge is 0.158 e. The summed E-state index contributed by atoms with van der Waals surface area (Å²) in [5.74, 6) is 0.935. The molecule has 0 aromatic carbocycles. The van der Waals surface area contributed by atoms with Crippen LogP contribution in [0.1, 0.15) is 45.4 Å². The van der Waals surface area contributed by atoms with Gasteiger partial charge in [-0.05, 0) is 45.1 Å². The third-order valence-electron chi connectivity index (χ3n) is 4.22. The zero-order chi connectivity index (χ0) is 12.1. The summed E-state index contributed by atoms with van der Waals surface area (Å²) in [6.45, 7) is 5.22. The van der Waals surface area contributed by atoms with Gasteiger partial charge < -0.3 is 14.4 Å². The molecule has 1 aliphatic carbocycles. The molecule has 1 saturated heterocycles. The molecule has 0 radical (unpaired) electrons. The molecule has 1 heterocycles. The first kappa shape index (κ1) is 13.3. The molecule has 17 heavy (non-hydrogen) atoms. The van der Waals surface area contributed by atoms with Crippen LogP contribution in [0.5, 0.6) is 0 Å². The van der Waals surface area contributed by atoms with Crippen LogP contribution in [-0.2, 0) is 9.47 Å². The molecule has 1 saturated carbocycles. The summed E-state index contributed by atoms with van der Waals surface area (Å²) in [5, 5.41) is 0. The molecule has 0 unspecified atom stereocenters. The molecule has 0 aromatic heterocycles. The van der Waals surface area contributed by atoms with Gasteiger partial charge in [0.1, 0.15) is 0 Å². The van der Waals surface area contributed by atoms with Crippen LogP contribution >= 0.6 is 0 Å². The highest BCUT2D eigenvalue weighted by Crippen LogP contribution is 2.26. The fourth-order valence-electron chi connectivity index (χ4n) is 2.88. The fraction of sp³-hybridized carbons (Fsp3) is 1.00. The first-order valence-electron chi connectivity index (χ1n) is 7.19. The van der Waals surface area contributed by atoms with Crippen molar-refractivity contribution in [1.29, 1.82) is 0 Å². The number of nitrogens with zero attached hydrogens (tertiary/aromatic N) is 1. The molecule has 0 amide bonds. The third-order valence-corrected chi connectivity index (χ3v) is 4.22. The zero-order valence-electron chi connectivity index (χ0n) is 11.4. The predicted molar refractivity (Wildman–Crippen MR) is 69.0 cm³/mol. The van der Waals surface area contributed by atoms with Crippen LogP contribution in [0.4, 0.5) is 0 Å². The molecule has 0 N–H and O–H groups in total. The van der Waals surface area contributed by atoms with Gasteiger partial charge in [-0.1, -0.05) is 6.92 Å². The third kappa shape index (κ3) is 4.23. The van der Waals surface area contributed by atoms with E-state index in [1.165, 1.54) is 25.7 Å². The average Bonchev–Trinajstić information content (AvgIpc) is 2.38. The van der Waals surface area contributed by atoms with Gasteiger partial charge in [-0.25, -0.2) is 0 Å². The molecule has 3 nitrogen and oxygen atoms in total. The molecule has 0 aromatic rings. The second kappa shape index (κ2) is 6.72. The van der Waals surface area contributed by atoms with Crippen molar-refractivity contribution >= 4 is 0 Å². The highest BCUT2D eigenvalue weighted by Gasteiger charge is 2.22. The van der Waals surface area contributed by atoms with Crippen LogP contribution in [0.2, 0.25) is 0 Å². The lowest BCUT2D eigenvalue weighted by molar-refractivity contribution is -0.182. The Kier molecular flexibility index (Phi) is 5.26. The second-order valence-electron chi connectivity index (χ2n) is 5.71. The molecule has 2 fully saturated rings. The Morgan fingerprint density at radius 2 is 1.71 bits per heavy atom. The van der Waals surface area contributed by atoms with E-state index >= 15 is 0 Å². The normalized spacial score (nSPS) is 31.9. The standard InChI is InChI=1S/C14H27NO2/c1-12-4-6-13(7-5-12)15(2)9-8-14-16-10-3-11-17-14/h12-14H,3-11H2,1-2H3. The second-order valence-corrected chi connectivity index (χ2v) is 5.71. The summed E-state index contributed by atoms with van der Waals surface area (Å²) in [6, 6.07) is 0.787. The largest absolute Gasteiger partial charge is 0.353 e. The number of ether oxygens (including phenoxy) is 2. The first-order valence-corrected chi connectivity index (χ1v) is 7.19. The Morgan fingerprint density at radius 3 is 2.35 bits per heavy atom. The van der Waals surface area contributed by atoms with Gasteiger partial charge in [0, 0.05) is 19.0 Å². The van der Waals surface area contributed by atoms with Crippen LogP contribution in [0.15, 0.2) is 0 Å². The lowest BCUT2D eigenvalue weighted by Crippen LogP contribution is -2.37. The summed E-state index contributed by atoms with van der Waals surface area (Å²) < 4.78 is 11.2. The maximum atomic E-state index is 5.58. The summed E-state index contributed by atoms with van der Waals surface area (Å²) in [4.78, 5) is 2.51. The lowest BCUT2D eigenvalue weighted by Gasteiger charge is -2.34. The minimum atomic E-state index is 0.0497. The van der Waals surface area contributed by atoms with Gasteiger partial charge in [-0.3, -0.25) is 0 Å². The summed E-state index contributed by atoms with van der Waals surface area (Å²) in [5.41, 5.74) is 0. The maximum absolute atomic E-state index is 5.58. The van der Waals surface area contributed by atoms with Gasteiger partial charge in [0.2, 0.25) is 0 Å². The van der Waals surface area contributed by atoms with E-state index in [9.17, 15) is 0 Å². The Labute approximate surface area is 105 Å². The van der Waals surface area contributed by atoms with Gasteiger partial charge in [0.15, 0.2) is 6.29 Å². The summed E-state index contributed by atoms with van der Waals surface area (Å²) >= 11 is 0. The van der Waals surface area contributed by atoms with Gasteiger partial charge in [0.25, 0.3) is 0 Å². The van der Waals surface area contributed by atoms with Crippen molar-refractivity contribution in [3.05, 3.63) is 0 Å². The van der Waals surface area contributed by atoms with Gasteiger partial charge in [-0.2, -0.15) is 0 Å². The summed E-state index contributed by atoms with van der Waals surface area (Å²) in [7, 11) is 2.25. The number of hydrogen-bond donors (Lipinski definition) is 0. The van der Waals surface area contributed by atoms with Crippen molar-refractivity contribution in [2.45, 2.75) is 57.8 Å². The fourth-order valence-corrected chi connectivity index (χ4v) is 2.88. The van der Waals surface area contributed by atoms with E-state index in [4.69, 9.17) is 9.47 Å². The quantitative estimate of drug-likeness (QED) is 0.755. The van der Waals surface area contributed by atoms with E-state index in [0.29, 0.717) is 0 Å². The van der Waals surface area contributed by atoms with Crippen molar-refractivity contribution < 1.29 is 9.47 Å². The van der Waals surface area contributed by atoms with Crippen molar-refractivity contribution in [3.63, 3.8) is 0 Å². The molecule has 3 heteroatoms. The molecular formula is C14H27NO2. The van der Waals surface area contributed by atoms with Crippen LogP contribution in [-0.4, -0.2) is 44.0 Å². The van der Waals surface area contributed by atoms with Crippen LogP contribution in [0.25, 0.3) is 0 Å². The van der Waals surface area contributed by atoms with Gasteiger partial charge >= 0.3 is 0 Å². The van der Waals surface area contributed by atoms with Crippen molar-refractivity contribution in [2.75, 3.05) is 26.8 Å². The topological polar surface area (TPSA) is 21.7 Å². The zero-order valence-corrected chi connectivity index (χ0v) is 11.4. The predicted octanol–water partition coefficient (Wildman–Crippen LogP) is 2.65. The van der Waals surface area contributed by atoms with Gasteiger partial charge in [-0.15, -0.1) is 0 Å². The van der Waals surface area contributed by atoms with Crippen LogP contribution < -0.4 is 0 Å². The van der Waals surface area contributed by atoms with Crippen molar-refractivity contribution in [3.8, 4) is 0 Å². The number of hydrogen-bond acceptors (Lipinski definition) is 3. The molecular weight excluding hydrogens is 214 g/mol. The van der Waals surface area contributed by atoms with Crippen LogP contribution in [0.3, 0.4) is 0 Å². The monoisotopic (exact) mass is 241 g/mol. The van der Waals surface area contributed by atoms with Crippen molar-refractivity contribution in [1.82, 2.24) is 4.90 Å². The minimum absolute atomic E-state index is 0.0497. The molecule has 2 aliphatic rings. The maximum Gasteiger partial charge on any atom is 0.158 e. The highest BCUT2D eigenvalue weighted by molar-refractivity contribution is 4.76. The lowest BCUT2D eigenvalue weighted by atomic mass is 9.87. The molecule has 0 bridgehead atoms. The van der Waals surface area contributed by atoms with Crippen LogP contribution in [0, 0.1) is 5.92 Å². The Hall–Kier alpha value is -0.120. The molecule has 100 valence electrons.